The molecular formula is C12H16N2O2. The van der Waals surface area contributed by atoms with Crippen LogP contribution in [0.2, 0.25) is 0 Å². The third-order valence-electron chi connectivity index (χ3n) is 2.62. The Kier molecular flexibility index (Phi) is 3.54. The number of β-amino-alcohol motifs (C(OH)–C–C–N with tert-alkyl or cyclic N) is 1. The summed E-state index contributed by atoms with van der Waals surface area (Å²) in [5.74, 6) is -0.0209. The van der Waals surface area contributed by atoms with Crippen LogP contribution in [0.3, 0.4) is 0 Å². The second-order valence-corrected chi connectivity index (χ2v) is 4.11. The van der Waals surface area contributed by atoms with Crippen LogP contribution in [0, 0.1) is 0 Å². The first-order valence-electron chi connectivity index (χ1n) is 5.45. The number of carbonyl (C=O) groups is 1. The molecule has 2 N–H and O–H groups in total. The van der Waals surface area contributed by atoms with Gasteiger partial charge in [0, 0.05) is 19.6 Å². The van der Waals surface area contributed by atoms with E-state index in [0.717, 1.165) is 5.56 Å². The van der Waals surface area contributed by atoms with Gasteiger partial charge in [0.15, 0.2) is 0 Å². The normalized spacial score (nSPS) is 22.6. The van der Waals surface area contributed by atoms with E-state index in [1.165, 1.54) is 0 Å². The molecule has 1 heterocycles. The molecule has 0 spiro atoms. The highest BCUT2D eigenvalue weighted by Crippen LogP contribution is 2.06. The molecule has 1 amide bonds. The van der Waals surface area contributed by atoms with Crippen molar-refractivity contribution < 1.29 is 9.90 Å². The molecule has 1 atom stereocenters. The van der Waals surface area contributed by atoms with Crippen molar-refractivity contribution in [2.45, 2.75) is 12.6 Å². The minimum atomic E-state index is -0.477. The highest BCUT2D eigenvalue weighted by Gasteiger charge is 2.19. The molecule has 86 valence electrons. The van der Waals surface area contributed by atoms with E-state index in [1.54, 1.807) is 0 Å². The van der Waals surface area contributed by atoms with Gasteiger partial charge in [-0.25, -0.2) is 0 Å². The Morgan fingerprint density at radius 2 is 2.12 bits per heavy atom. The third-order valence-corrected chi connectivity index (χ3v) is 2.62. The van der Waals surface area contributed by atoms with Gasteiger partial charge in [-0.05, 0) is 5.56 Å². The predicted molar refractivity (Wildman–Crippen MR) is 60.7 cm³/mol. The van der Waals surface area contributed by atoms with Crippen molar-refractivity contribution >= 4 is 5.91 Å². The molecule has 4 heteroatoms. The van der Waals surface area contributed by atoms with Crippen molar-refractivity contribution in [2.75, 3.05) is 19.6 Å². The summed E-state index contributed by atoms with van der Waals surface area (Å²) in [6.45, 7) is 1.94. The molecule has 1 aliphatic heterocycles. The molecule has 1 aromatic carbocycles. The van der Waals surface area contributed by atoms with Crippen LogP contribution in [0.15, 0.2) is 30.3 Å². The number of carbonyl (C=O) groups excluding carboxylic acids is 1. The molecule has 16 heavy (non-hydrogen) atoms. The fourth-order valence-corrected chi connectivity index (χ4v) is 1.88. The van der Waals surface area contributed by atoms with Crippen LogP contribution in [-0.4, -0.2) is 41.7 Å². The van der Waals surface area contributed by atoms with Gasteiger partial charge in [0.1, 0.15) is 0 Å². The Morgan fingerprint density at radius 1 is 1.38 bits per heavy atom. The van der Waals surface area contributed by atoms with Crippen LogP contribution in [0.4, 0.5) is 0 Å². The number of nitrogens with zero attached hydrogens (tertiary/aromatic N) is 1. The summed E-state index contributed by atoms with van der Waals surface area (Å²) >= 11 is 0. The van der Waals surface area contributed by atoms with E-state index in [4.69, 9.17) is 0 Å². The van der Waals surface area contributed by atoms with Gasteiger partial charge in [-0.2, -0.15) is 0 Å². The molecule has 2 rings (SSSR count). The van der Waals surface area contributed by atoms with Crippen molar-refractivity contribution in [3.63, 3.8) is 0 Å². The smallest absolute Gasteiger partial charge is 0.234 e. The van der Waals surface area contributed by atoms with Crippen LogP contribution in [-0.2, 0) is 11.3 Å². The number of nitrogens with one attached hydrogen (secondary N) is 1. The van der Waals surface area contributed by atoms with Crippen LogP contribution in [0.5, 0.6) is 0 Å². The monoisotopic (exact) mass is 220 g/mol. The molecular weight excluding hydrogens is 204 g/mol. The van der Waals surface area contributed by atoms with Crippen molar-refractivity contribution in [2.24, 2.45) is 0 Å². The van der Waals surface area contributed by atoms with E-state index < -0.39 is 6.10 Å². The Balaban J connectivity index is 2.00. The van der Waals surface area contributed by atoms with E-state index in [9.17, 15) is 9.90 Å². The summed E-state index contributed by atoms with van der Waals surface area (Å²) < 4.78 is 0. The molecule has 1 fully saturated rings. The van der Waals surface area contributed by atoms with Gasteiger partial charge in [0.05, 0.1) is 12.6 Å². The van der Waals surface area contributed by atoms with E-state index in [0.29, 0.717) is 26.2 Å². The molecule has 0 aromatic heterocycles. The lowest BCUT2D eigenvalue weighted by Crippen LogP contribution is -2.33. The van der Waals surface area contributed by atoms with E-state index >= 15 is 0 Å². The second-order valence-electron chi connectivity index (χ2n) is 4.11. The van der Waals surface area contributed by atoms with E-state index in [1.807, 2.05) is 35.2 Å². The van der Waals surface area contributed by atoms with E-state index in [2.05, 4.69) is 5.32 Å². The zero-order valence-electron chi connectivity index (χ0n) is 9.10. The molecule has 4 nitrogen and oxygen atoms in total. The molecule has 1 aliphatic rings. The van der Waals surface area contributed by atoms with Gasteiger partial charge in [0.25, 0.3) is 0 Å². The zero-order valence-corrected chi connectivity index (χ0v) is 9.10. The summed E-state index contributed by atoms with van der Waals surface area (Å²) in [5.41, 5.74) is 1.16. The average Bonchev–Trinajstić information content (AvgIpc) is 2.42. The fraction of sp³-hybridized carbons (Fsp3) is 0.417. The average molecular weight is 220 g/mol. The molecule has 0 bridgehead atoms. The van der Waals surface area contributed by atoms with Crippen molar-refractivity contribution in [1.29, 1.82) is 0 Å². The molecule has 1 aromatic rings. The van der Waals surface area contributed by atoms with Gasteiger partial charge in [-0.15, -0.1) is 0 Å². The summed E-state index contributed by atoms with van der Waals surface area (Å²) in [4.78, 5) is 13.3. The third kappa shape index (κ3) is 3.05. The molecule has 1 unspecified atom stereocenters. The summed E-state index contributed by atoms with van der Waals surface area (Å²) in [6, 6.07) is 9.96. The highest BCUT2D eigenvalue weighted by molar-refractivity contribution is 5.78. The Bertz CT molecular complexity index is 353. The maximum atomic E-state index is 11.4. The maximum absolute atomic E-state index is 11.4. The van der Waals surface area contributed by atoms with Crippen LogP contribution in [0.1, 0.15) is 5.56 Å². The lowest BCUT2D eigenvalue weighted by Gasteiger charge is -2.20. The van der Waals surface area contributed by atoms with Gasteiger partial charge in [-0.1, -0.05) is 30.3 Å². The number of aliphatic hydroxyl groups is 1. The topological polar surface area (TPSA) is 52.6 Å². The minimum absolute atomic E-state index is 0.0209. The first-order valence-corrected chi connectivity index (χ1v) is 5.45. The highest BCUT2D eigenvalue weighted by atomic mass is 16.3. The first-order chi connectivity index (χ1) is 7.74. The Morgan fingerprint density at radius 3 is 2.88 bits per heavy atom. The number of amides is 1. The standard InChI is InChI=1S/C12H16N2O2/c15-11-6-13-12(16)9-14(8-11)7-10-4-2-1-3-5-10/h1-5,11,15H,6-9H2,(H,13,16). The fourth-order valence-electron chi connectivity index (χ4n) is 1.88. The maximum Gasteiger partial charge on any atom is 0.234 e. The van der Waals surface area contributed by atoms with Crippen molar-refractivity contribution in [3.05, 3.63) is 35.9 Å². The Hall–Kier alpha value is -1.39. The summed E-state index contributed by atoms with van der Waals surface area (Å²) in [7, 11) is 0. The minimum Gasteiger partial charge on any atom is -0.390 e. The molecule has 0 aliphatic carbocycles. The summed E-state index contributed by atoms with van der Waals surface area (Å²) in [5, 5.41) is 12.3. The number of aliphatic hydroxyl groups excluding tert-OH is 1. The number of benzene rings is 1. The number of rotatable bonds is 2. The van der Waals surface area contributed by atoms with Crippen molar-refractivity contribution in [3.8, 4) is 0 Å². The number of hydrogen-bond acceptors (Lipinski definition) is 3. The first kappa shape index (κ1) is 11.1. The zero-order chi connectivity index (χ0) is 11.4. The largest absolute Gasteiger partial charge is 0.390 e. The SMILES string of the molecule is O=C1CN(Cc2ccccc2)CC(O)CN1. The summed E-state index contributed by atoms with van der Waals surface area (Å²) in [6.07, 6.45) is -0.477. The van der Waals surface area contributed by atoms with Gasteiger partial charge < -0.3 is 10.4 Å². The van der Waals surface area contributed by atoms with Gasteiger partial charge in [-0.3, -0.25) is 9.69 Å². The molecule has 0 radical (unpaired) electrons. The lowest BCUT2D eigenvalue weighted by atomic mass is 10.2. The number of hydrogen-bond donors (Lipinski definition) is 2. The molecule has 1 saturated heterocycles. The van der Waals surface area contributed by atoms with Gasteiger partial charge in [0.2, 0.25) is 5.91 Å². The van der Waals surface area contributed by atoms with Crippen LogP contribution >= 0.6 is 0 Å². The quantitative estimate of drug-likeness (QED) is 0.736. The lowest BCUT2D eigenvalue weighted by molar-refractivity contribution is -0.121. The predicted octanol–water partition coefficient (Wildman–Crippen LogP) is -0.0207. The van der Waals surface area contributed by atoms with E-state index in [-0.39, 0.29) is 5.91 Å². The van der Waals surface area contributed by atoms with Gasteiger partial charge >= 0.3 is 0 Å². The Labute approximate surface area is 94.9 Å². The van der Waals surface area contributed by atoms with Crippen LogP contribution < -0.4 is 5.32 Å². The molecule has 0 saturated carbocycles. The second kappa shape index (κ2) is 5.09. The van der Waals surface area contributed by atoms with Crippen molar-refractivity contribution in [1.82, 2.24) is 10.2 Å². The van der Waals surface area contributed by atoms with Crippen LogP contribution in [0.25, 0.3) is 0 Å².